The van der Waals surface area contributed by atoms with Crippen molar-refractivity contribution >= 4 is 59.9 Å². The van der Waals surface area contributed by atoms with Crippen molar-refractivity contribution in [3.8, 4) is 11.5 Å². The maximum absolute atomic E-state index is 12.0. The molecule has 0 aliphatic rings. The average molecular weight is 493 g/mol. The number of hydrogen-bond donors (Lipinski definition) is 3. The zero-order chi connectivity index (χ0) is 16.3. The van der Waals surface area contributed by atoms with Gasteiger partial charge in [0.1, 0.15) is 11.5 Å². The third-order valence-corrected chi connectivity index (χ3v) is 4.19. The van der Waals surface area contributed by atoms with Crippen molar-refractivity contribution in [2.75, 3.05) is 0 Å². The maximum Gasteiger partial charge on any atom is 0.275 e. The number of hydrazone groups is 1. The first-order chi connectivity index (χ1) is 10.4. The molecular formula is C14H9Br3N2O3. The molecule has 2 aromatic rings. The normalized spacial score (nSPS) is 10.9. The van der Waals surface area contributed by atoms with Gasteiger partial charge in [-0.05, 0) is 46.3 Å². The Morgan fingerprint density at radius 3 is 2.50 bits per heavy atom. The molecule has 0 aliphatic carbocycles. The summed E-state index contributed by atoms with van der Waals surface area (Å²) in [6, 6.07) is 7.99. The second-order valence-electron chi connectivity index (χ2n) is 4.19. The van der Waals surface area contributed by atoms with Crippen molar-refractivity contribution in [1.82, 2.24) is 5.43 Å². The average Bonchev–Trinajstić information content (AvgIpc) is 2.45. The van der Waals surface area contributed by atoms with Crippen LogP contribution in [0.1, 0.15) is 15.9 Å². The van der Waals surface area contributed by atoms with Crippen LogP contribution in [0.4, 0.5) is 0 Å². The highest BCUT2D eigenvalue weighted by Crippen LogP contribution is 2.31. The van der Waals surface area contributed by atoms with Crippen LogP contribution in [-0.4, -0.2) is 22.3 Å². The van der Waals surface area contributed by atoms with Gasteiger partial charge in [0, 0.05) is 14.5 Å². The van der Waals surface area contributed by atoms with Crippen molar-refractivity contribution in [1.29, 1.82) is 0 Å². The summed E-state index contributed by atoms with van der Waals surface area (Å²) in [5, 5.41) is 23.3. The van der Waals surface area contributed by atoms with Gasteiger partial charge in [-0.25, -0.2) is 5.43 Å². The summed E-state index contributed by atoms with van der Waals surface area (Å²) in [5.74, 6) is -0.727. The molecule has 2 rings (SSSR count). The number of amides is 1. The highest BCUT2D eigenvalue weighted by molar-refractivity contribution is 9.11. The predicted octanol–water partition coefficient (Wildman–Crippen LogP) is 4.15. The minimum absolute atomic E-state index is 0.0282. The first kappa shape index (κ1) is 17.0. The van der Waals surface area contributed by atoms with E-state index in [0.717, 1.165) is 4.47 Å². The molecule has 0 aliphatic heterocycles. The molecule has 0 atom stereocenters. The minimum Gasteiger partial charge on any atom is -0.507 e. The summed E-state index contributed by atoms with van der Waals surface area (Å²) >= 11 is 9.62. The van der Waals surface area contributed by atoms with Gasteiger partial charge >= 0.3 is 0 Å². The molecule has 0 saturated carbocycles. The first-order valence-corrected chi connectivity index (χ1v) is 8.26. The molecule has 2 aromatic carbocycles. The summed E-state index contributed by atoms with van der Waals surface area (Å²) < 4.78 is 1.76. The van der Waals surface area contributed by atoms with E-state index >= 15 is 0 Å². The topological polar surface area (TPSA) is 81.9 Å². The lowest BCUT2D eigenvalue weighted by atomic mass is 10.2. The van der Waals surface area contributed by atoms with E-state index in [-0.39, 0.29) is 17.1 Å². The van der Waals surface area contributed by atoms with Crippen molar-refractivity contribution in [3.05, 3.63) is 54.9 Å². The molecule has 0 unspecified atom stereocenters. The van der Waals surface area contributed by atoms with Crippen molar-refractivity contribution in [2.24, 2.45) is 5.10 Å². The Hall–Kier alpha value is -1.38. The Kier molecular flexibility index (Phi) is 5.60. The van der Waals surface area contributed by atoms with Gasteiger partial charge < -0.3 is 10.2 Å². The Labute approximate surface area is 151 Å². The van der Waals surface area contributed by atoms with E-state index in [9.17, 15) is 15.0 Å². The first-order valence-electron chi connectivity index (χ1n) is 5.88. The number of carbonyl (C=O) groups is 1. The lowest BCUT2D eigenvalue weighted by molar-refractivity contribution is 0.0952. The highest BCUT2D eigenvalue weighted by Gasteiger charge is 2.14. The molecule has 114 valence electrons. The molecule has 0 bridgehead atoms. The molecule has 22 heavy (non-hydrogen) atoms. The van der Waals surface area contributed by atoms with E-state index < -0.39 is 5.91 Å². The number of nitrogens with one attached hydrogen (secondary N) is 1. The quantitative estimate of drug-likeness (QED) is 0.445. The van der Waals surface area contributed by atoms with E-state index in [1.807, 2.05) is 0 Å². The second-order valence-corrected chi connectivity index (χ2v) is 6.87. The summed E-state index contributed by atoms with van der Waals surface area (Å²) in [4.78, 5) is 12.0. The Balaban J connectivity index is 2.15. The van der Waals surface area contributed by atoms with Gasteiger partial charge in [-0.3, -0.25) is 4.79 Å². The molecule has 1 amide bonds. The standard InChI is InChI=1S/C14H9Br3N2O3/c15-8-2-1-7(12(20)5-8)6-18-19-14(22)10-3-9(16)4-11(17)13(10)21/h1-6,20-21H,(H,19,22). The number of benzene rings is 2. The van der Waals surface area contributed by atoms with Gasteiger partial charge in [0.05, 0.1) is 16.3 Å². The van der Waals surface area contributed by atoms with E-state index in [1.165, 1.54) is 18.3 Å². The number of carbonyl (C=O) groups excluding carboxylic acids is 1. The zero-order valence-electron chi connectivity index (χ0n) is 10.8. The van der Waals surface area contributed by atoms with Crippen molar-refractivity contribution in [3.63, 3.8) is 0 Å². The van der Waals surface area contributed by atoms with Gasteiger partial charge in [0.25, 0.3) is 5.91 Å². The summed E-state index contributed by atoms with van der Waals surface area (Å²) in [5.41, 5.74) is 2.81. The summed E-state index contributed by atoms with van der Waals surface area (Å²) in [6.45, 7) is 0. The number of aromatic hydroxyl groups is 2. The van der Waals surface area contributed by atoms with Gasteiger partial charge in [-0.15, -0.1) is 0 Å². The number of rotatable bonds is 3. The molecule has 0 fully saturated rings. The van der Waals surface area contributed by atoms with Crippen LogP contribution in [0.25, 0.3) is 0 Å². The van der Waals surface area contributed by atoms with Crippen LogP contribution >= 0.6 is 47.8 Å². The van der Waals surface area contributed by atoms with Crippen LogP contribution in [0.15, 0.2) is 48.9 Å². The number of hydrogen-bond acceptors (Lipinski definition) is 4. The zero-order valence-corrected chi connectivity index (χ0v) is 15.6. The molecule has 0 spiro atoms. The maximum atomic E-state index is 12.0. The molecule has 0 radical (unpaired) electrons. The number of halogens is 3. The molecule has 3 N–H and O–H groups in total. The third kappa shape index (κ3) is 4.08. The lowest BCUT2D eigenvalue weighted by Crippen LogP contribution is -2.17. The summed E-state index contributed by atoms with van der Waals surface area (Å²) in [6.07, 6.45) is 1.31. The predicted molar refractivity (Wildman–Crippen MR) is 94.4 cm³/mol. The minimum atomic E-state index is -0.577. The van der Waals surface area contributed by atoms with E-state index in [1.54, 1.807) is 18.2 Å². The van der Waals surface area contributed by atoms with Gasteiger partial charge in [-0.2, -0.15) is 5.10 Å². The fourth-order valence-electron chi connectivity index (χ4n) is 1.59. The molecule has 0 aromatic heterocycles. The van der Waals surface area contributed by atoms with E-state index in [2.05, 4.69) is 58.3 Å². The van der Waals surface area contributed by atoms with E-state index in [0.29, 0.717) is 14.5 Å². The van der Waals surface area contributed by atoms with Crippen molar-refractivity contribution < 1.29 is 15.0 Å². The van der Waals surface area contributed by atoms with Gasteiger partial charge in [0.15, 0.2) is 0 Å². The molecule has 8 heteroatoms. The van der Waals surface area contributed by atoms with E-state index in [4.69, 9.17) is 0 Å². The van der Waals surface area contributed by atoms with Crippen LogP contribution < -0.4 is 5.43 Å². The fourth-order valence-corrected chi connectivity index (χ4v) is 3.16. The van der Waals surface area contributed by atoms with Gasteiger partial charge in [0.2, 0.25) is 0 Å². The lowest BCUT2D eigenvalue weighted by Gasteiger charge is -2.06. The Bertz CT molecular complexity index is 763. The fraction of sp³-hybridized carbons (Fsp3) is 0. The molecular weight excluding hydrogens is 484 g/mol. The summed E-state index contributed by atoms with van der Waals surface area (Å²) in [7, 11) is 0. The van der Waals surface area contributed by atoms with Crippen molar-refractivity contribution in [2.45, 2.75) is 0 Å². The SMILES string of the molecule is O=C(NN=Cc1ccc(Br)cc1O)c1cc(Br)cc(Br)c1O. The molecule has 0 heterocycles. The van der Waals surface area contributed by atoms with Gasteiger partial charge in [-0.1, -0.05) is 31.9 Å². The smallest absolute Gasteiger partial charge is 0.275 e. The van der Waals surface area contributed by atoms with Crippen LogP contribution in [0.5, 0.6) is 11.5 Å². The largest absolute Gasteiger partial charge is 0.507 e. The Morgan fingerprint density at radius 2 is 1.82 bits per heavy atom. The monoisotopic (exact) mass is 490 g/mol. The van der Waals surface area contributed by atoms with Crippen LogP contribution in [-0.2, 0) is 0 Å². The van der Waals surface area contributed by atoms with Crippen LogP contribution in [0, 0.1) is 0 Å². The third-order valence-electron chi connectivity index (χ3n) is 2.64. The second kappa shape index (κ2) is 7.26. The highest BCUT2D eigenvalue weighted by atomic mass is 79.9. The Morgan fingerprint density at radius 1 is 1.09 bits per heavy atom. The number of phenolic OH excluding ortho intramolecular Hbond substituents is 2. The number of nitrogens with zero attached hydrogens (tertiary/aromatic N) is 1. The van der Waals surface area contributed by atoms with Crippen LogP contribution in [0.2, 0.25) is 0 Å². The molecule has 0 saturated heterocycles. The molecule has 5 nitrogen and oxygen atoms in total. The van der Waals surface area contributed by atoms with Crippen LogP contribution in [0.3, 0.4) is 0 Å². The number of phenols is 2.